The van der Waals surface area contributed by atoms with Gasteiger partial charge in [0.1, 0.15) is 5.76 Å². The van der Waals surface area contributed by atoms with E-state index < -0.39 is 5.91 Å². The number of piperidine rings is 1. The van der Waals surface area contributed by atoms with Crippen LogP contribution >= 0.6 is 0 Å². The highest BCUT2D eigenvalue weighted by atomic mass is 16.4. The van der Waals surface area contributed by atoms with Crippen molar-refractivity contribution in [3.63, 3.8) is 0 Å². The molecular weight excluding hydrogens is 246 g/mol. The van der Waals surface area contributed by atoms with Crippen LogP contribution in [0.1, 0.15) is 41.1 Å². The molecule has 6 nitrogen and oxygen atoms in total. The second kappa shape index (κ2) is 6.18. The Morgan fingerprint density at radius 1 is 1.63 bits per heavy atom. The first-order chi connectivity index (χ1) is 9.15. The van der Waals surface area contributed by atoms with Crippen molar-refractivity contribution < 1.29 is 14.3 Å². The lowest BCUT2D eigenvalue weighted by Gasteiger charge is -2.33. The van der Waals surface area contributed by atoms with Crippen molar-refractivity contribution in [1.29, 1.82) is 0 Å². The standard InChI is InChI=1S/C13H21N3O3/c1-9-6-11(19-12(9)13(18)15-14)7-16-5-3-2-4-10(16)8-17/h6,10,17H,2-5,7-8,14H2,1H3,(H,15,18). The number of furan rings is 1. The van der Waals surface area contributed by atoms with E-state index in [9.17, 15) is 9.90 Å². The molecule has 1 aromatic heterocycles. The monoisotopic (exact) mass is 267 g/mol. The molecule has 1 fully saturated rings. The largest absolute Gasteiger partial charge is 0.454 e. The number of rotatable bonds is 4. The zero-order valence-electron chi connectivity index (χ0n) is 11.2. The fourth-order valence-electron chi connectivity index (χ4n) is 2.59. The van der Waals surface area contributed by atoms with Crippen LogP contribution in [0.25, 0.3) is 0 Å². The molecule has 1 aliphatic rings. The van der Waals surface area contributed by atoms with Gasteiger partial charge in [0.2, 0.25) is 0 Å². The summed E-state index contributed by atoms with van der Waals surface area (Å²) in [5.74, 6) is 5.68. The van der Waals surface area contributed by atoms with E-state index in [-0.39, 0.29) is 18.4 Å². The van der Waals surface area contributed by atoms with Crippen LogP contribution in [0, 0.1) is 6.92 Å². The lowest BCUT2D eigenvalue weighted by Crippen LogP contribution is -2.41. The second-order valence-electron chi connectivity index (χ2n) is 5.00. The molecule has 0 spiro atoms. The molecule has 0 bridgehead atoms. The Balaban J connectivity index is 2.08. The summed E-state index contributed by atoms with van der Waals surface area (Å²) >= 11 is 0. The van der Waals surface area contributed by atoms with Gasteiger partial charge in [0.15, 0.2) is 5.76 Å². The summed E-state index contributed by atoms with van der Waals surface area (Å²) in [6.07, 6.45) is 3.29. The maximum absolute atomic E-state index is 11.5. The number of hydrogen-bond donors (Lipinski definition) is 3. The molecule has 2 rings (SSSR count). The number of nitrogens with two attached hydrogens (primary N) is 1. The average molecular weight is 267 g/mol. The van der Waals surface area contributed by atoms with Crippen molar-refractivity contribution in [3.8, 4) is 0 Å². The summed E-state index contributed by atoms with van der Waals surface area (Å²) in [6, 6.07) is 2.04. The van der Waals surface area contributed by atoms with E-state index in [2.05, 4.69) is 10.3 Å². The number of amides is 1. The number of aliphatic hydroxyl groups excluding tert-OH is 1. The smallest absolute Gasteiger partial charge is 0.301 e. The predicted octanol–water partition coefficient (Wildman–Crippen LogP) is 0.538. The van der Waals surface area contributed by atoms with Crippen LogP contribution in [0.2, 0.25) is 0 Å². The SMILES string of the molecule is Cc1cc(CN2CCCCC2CO)oc1C(=O)NN. The fourth-order valence-corrected chi connectivity index (χ4v) is 2.59. The lowest BCUT2D eigenvalue weighted by atomic mass is 10.0. The third-order valence-corrected chi connectivity index (χ3v) is 3.62. The molecule has 0 radical (unpaired) electrons. The first kappa shape index (κ1) is 14.0. The number of carbonyl (C=O) groups excluding carboxylic acids is 1. The highest BCUT2D eigenvalue weighted by Crippen LogP contribution is 2.22. The van der Waals surface area contributed by atoms with Crippen LogP contribution in [-0.2, 0) is 6.54 Å². The van der Waals surface area contributed by atoms with Gasteiger partial charge in [-0.15, -0.1) is 0 Å². The molecule has 0 aromatic carbocycles. The minimum absolute atomic E-state index is 0.163. The van der Waals surface area contributed by atoms with Gasteiger partial charge in [-0.2, -0.15) is 0 Å². The van der Waals surface area contributed by atoms with Gasteiger partial charge >= 0.3 is 5.91 Å². The summed E-state index contributed by atoms with van der Waals surface area (Å²) in [7, 11) is 0. The normalized spacial score (nSPS) is 20.5. The Hall–Kier alpha value is -1.37. The van der Waals surface area contributed by atoms with Gasteiger partial charge in [-0.05, 0) is 32.4 Å². The van der Waals surface area contributed by atoms with E-state index in [4.69, 9.17) is 10.3 Å². The highest BCUT2D eigenvalue weighted by Gasteiger charge is 2.23. The molecule has 4 N–H and O–H groups in total. The van der Waals surface area contributed by atoms with Gasteiger partial charge in [0.25, 0.3) is 0 Å². The predicted molar refractivity (Wildman–Crippen MR) is 70.2 cm³/mol. The number of aryl methyl sites for hydroxylation is 1. The van der Waals surface area contributed by atoms with Gasteiger partial charge in [-0.25, -0.2) is 5.84 Å². The molecule has 19 heavy (non-hydrogen) atoms. The van der Waals surface area contributed by atoms with Crippen molar-refractivity contribution in [3.05, 3.63) is 23.2 Å². The Bertz CT molecular complexity index is 444. The highest BCUT2D eigenvalue weighted by molar-refractivity contribution is 5.92. The Kier molecular flexibility index (Phi) is 4.57. The molecular formula is C13H21N3O3. The van der Waals surface area contributed by atoms with Gasteiger partial charge in [0, 0.05) is 11.6 Å². The zero-order valence-corrected chi connectivity index (χ0v) is 11.2. The van der Waals surface area contributed by atoms with Gasteiger partial charge < -0.3 is 9.52 Å². The summed E-state index contributed by atoms with van der Waals surface area (Å²) in [5, 5.41) is 9.37. The number of hydrazine groups is 1. The molecule has 1 aliphatic heterocycles. The van der Waals surface area contributed by atoms with Crippen LogP contribution in [0.3, 0.4) is 0 Å². The molecule has 0 saturated carbocycles. The molecule has 106 valence electrons. The average Bonchev–Trinajstić information content (AvgIpc) is 2.79. The van der Waals surface area contributed by atoms with Crippen molar-refractivity contribution in [2.24, 2.45) is 5.84 Å². The first-order valence-corrected chi connectivity index (χ1v) is 6.61. The van der Waals surface area contributed by atoms with E-state index in [0.29, 0.717) is 6.54 Å². The van der Waals surface area contributed by atoms with Crippen LogP contribution in [0.15, 0.2) is 10.5 Å². The van der Waals surface area contributed by atoms with Crippen LogP contribution in [0.4, 0.5) is 0 Å². The summed E-state index contributed by atoms with van der Waals surface area (Å²) in [6.45, 7) is 3.54. The molecule has 1 aromatic rings. The van der Waals surface area contributed by atoms with Crippen molar-refractivity contribution >= 4 is 5.91 Å². The Morgan fingerprint density at radius 2 is 2.42 bits per heavy atom. The number of nitrogens with zero attached hydrogens (tertiary/aromatic N) is 1. The second-order valence-corrected chi connectivity index (χ2v) is 5.00. The maximum Gasteiger partial charge on any atom is 0.301 e. The van der Waals surface area contributed by atoms with Crippen molar-refractivity contribution in [1.82, 2.24) is 10.3 Å². The van der Waals surface area contributed by atoms with E-state index >= 15 is 0 Å². The molecule has 1 unspecified atom stereocenters. The number of carbonyl (C=O) groups is 1. The maximum atomic E-state index is 11.5. The van der Waals surface area contributed by atoms with E-state index in [1.165, 1.54) is 0 Å². The number of aliphatic hydroxyl groups is 1. The van der Waals surface area contributed by atoms with Crippen LogP contribution < -0.4 is 11.3 Å². The molecule has 1 amide bonds. The quantitative estimate of drug-likeness (QED) is 0.421. The first-order valence-electron chi connectivity index (χ1n) is 6.61. The number of nitrogens with one attached hydrogen (secondary N) is 1. The molecule has 6 heteroatoms. The Morgan fingerprint density at radius 3 is 3.11 bits per heavy atom. The third kappa shape index (κ3) is 3.15. The number of likely N-dealkylation sites (tertiary alicyclic amines) is 1. The van der Waals surface area contributed by atoms with Crippen molar-refractivity contribution in [2.45, 2.75) is 38.8 Å². The van der Waals surface area contributed by atoms with E-state index in [1.54, 1.807) is 0 Å². The minimum Gasteiger partial charge on any atom is -0.454 e. The molecule has 1 atom stereocenters. The number of nitrogen functional groups attached to an aromatic ring is 1. The zero-order chi connectivity index (χ0) is 13.8. The fraction of sp³-hybridized carbons (Fsp3) is 0.615. The van der Waals surface area contributed by atoms with E-state index in [0.717, 1.165) is 37.1 Å². The number of hydrogen-bond acceptors (Lipinski definition) is 5. The molecule has 2 heterocycles. The van der Waals surface area contributed by atoms with Crippen LogP contribution in [0.5, 0.6) is 0 Å². The van der Waals surface area contributed by atoms with Gasteiger partial charge in [0.05, 0.1) is 13.2 Å². The summed E-state index contributed by atoms with van der Waals surface area (Å²) in [4.78, 5) is 13.7. The minimum atomic E-state index is -0.416. The molecule has 0 aliphatic carbocycles. The van der Waals surface area contributed by atoms with Gasteiger partial charge in [-0.1, -0.05) is 6.42 Å². The summed E-state index contributed by atoms with van der Waals surface area (Å²) < 4.78 is 5.55. The van der Waals surface area contributed by atoms with Gasteiger partial charge in [-0.3, -0.25) is 15.1 Å². The topological polar surface area (TPSA) is 91.7 Å². The molecule has 1 saturated heterocycles. The van der Waals surface area contributed by atoms with Crippen molar-refractivity contribution in [2.75, 3.05) is 13.2 Å². The Labute approximate surface area is 112 Å². The van der Waals surface area contributed by atoms with Crippen LogP contribution in [-0.4, -0.2) is 35.1 Å². The summed E-state index contributed by atoms with van der Waals surface area (Å²) in [5.41, 5.74) is 2.85. The lowest BCUT2D eigenvalue weighted by molar-refractivity contribution is 0.0767. The third-order valence-electron chi connectivity index (χ3n) is 3.62. The van der Waals surface area contributed by atoms with E-state index in [1.807, 2.05) is 13.0 Å².